The molecule has 0 aliphatic heterocycles. The molecule has 0 amide bonds. The summed E-state index contributed by atoms with van der Waals surface area (Å²) in [5.41, 5.74) is 0. The molecule has 1 aromatic rings. The molecule has 78 valence electrons. The van der Waals surface area contributed by atoms with Crippen molar-refractivity contribution in [3.63, 3.8) is 0 Å². The van der Waals surface area contributed by atoms with Crippen molar-refractivity contribution in [2.75, 3.05) is 12.4 Å². The molecule has 0 N–H and O–H groups in total. The second kappa shape index (κ2) is 5.78. The molecule has 2 nitrogen and oxygen atoms in total. The summed E-state index contributed by atoms with van der Waals surface area (Å²) in [5, 5.41) is 0. The number of carbonyl (C=O) groups excluding carboxylic acids is 1. The van der Waals surface area contributed by atoms with Gasteiger partial charge in [0.2, 0.25) is 0 Å². The molecule has 0 unspecified atom stereocenters. The van der Waals surface area contributed by atoms with Crippen LogP contribution in [0, 0.1) is 6.92 Å². The summed E-state index contributed by atoms with van der Waals surface area (Å²) in [4.78, 5) is 13.4. The minimum atomic E-state index is -0.159. The summed E-state index contributed by atoms with van der Waals surface area (Å²) in [6.45, 7) is 4.31. The van der Waals surface area contributed by atoms with Crippen LogP contribution in [0.15, 0.2) is 14.7 Å². The van der Waals surface area contributed by atoms with Crippen molar-refractivity contribution in [1.29, 1.82) is 0 Å². The Hall–Kier alpha value is -0.000000000000000111. The summed E-state index contributed by atoms with van der Waals surface area (Å²) < 4.78 is 5.93. The van der Waals surface area contributed by atoms with Crippen molar-refractivity contribution in [3.8, 4) is 0 Å². The predicted molar refractivity (Wildman–Crippen MR) is 64.1 cm³/mol. The number of halogens is 1. The quantitative estimate of drug-likeness (QED) is 0.628. The molecular formula is C9H11BrO2S2. The molecule has 0 bridgehead atoms. The molecular weight excluding hydrogens is 284 g/mol. The van der Waals surface area contributed by atoms with Crippen molar-refractivity contribution >= 4 is 45.0 Å². The molecule has 14 heavy (non-hydrogen) atoms. The highest BCUT2D eigenvalue weighted by molar-refractivity contribution is 9.11. The Morgan fingerprint density at radius 3 is 2.93 bits per heavy atom. The Morgan fingerprint density at radius 1 is 1.71 bits per heavy atom. The standard InChI is InChI=1S/C9H11BrO2S2/c1-3-12-8(11)5-13-7-4-6(2)14-9(7)10/h4H,3,5H2,1-2H3. The first-order valence-electron chi connectivity index (χ1n) is 4.17. The number of thioether (sulfide) groups is 1. The average Bonchev–Trinajstić information content (AvgIpc) is 2.42. The molecule has 0 aliphatic rings. The Bertz CT molecular complexity index is 323. The van der Waals surface area contributed by atoms with E-state index in [0.717, 1.165) is 8.68 Å². The summed E-state index contributed by atoms with van der Waals surface area (Å²) in [7, 11) is 0. The lowest BCUT2D eigenvalue weighted by Gasteiger charge is -2.00. The van der Waals surface area contributed by atoms with E-state index in [4.69, 9.17) is 4.74 Å². The van der Waals surface area contributed by atoms with Crippen LogP contribution >= 0.6 is 39.0 Å². The number of hydrogen-bond acceptors (Lipinski definition) is 4. The molecule has 0 atom stereocenters. The third-order valence-electron chi connectivity index (χ3n) is 1.43. The summed E-state index contributed by atoms with van der Waals surface area (Å²) in [5.74, 6) is 0.219. The lowest BCUT2D eigenvalue weighted by atomic mass is 10.5. The van der Waals surface area contributed by atoms with Gasteiger partial charge in [0.15, 0.2) is 0 Å². The summed E-state index contributed by atoms with van der Waals surface area (Å²) >= 11 is 6.63. The zero-order valence-corrected chi connectivity index (χ0v) is 11.2. The SMILES string of the molecule is CCOC(=O)CSc1cc(C)sc1Br. The molecule has 5 heteroatoms. The number of aryl methyl sites for hydroxylation is 1. The van der Waals surface area contributed by atoms with Crippen molar-refractivity contribution in [2.45, 2.75) is 18.7 Å². The van der Waals surface area contributed by atoms with Crippen LogP contribution in [-0.2, 0) is 9.53 Å². The maximum Gasteiger partial charge on any atom is 0.316 e. The molecule has 1 aromatic heterocycles. The van der Waals surface area contributed by atoms with Crippen molar-refractivity contribution in [2.24, 2.45) is 0 Å². The van der Waals surface area contributed by atoms with Crippen LogP contribution in [0.2, 0.25) is 0 Å². The fraction of sp³-hybridized carbons (Fsp3) is 0.444. The van der Waals surface area contributed by atoms with E-state index in [9.17, 15) is 4.79 Å². The number of esters is 1. The number of ether oxygens (including phenoxy) is 1. The molecule has 1 rings (SSSR count). The minimum absolute atomic E-state index is 0.159. The largest absolute Gasteiger partial charge is 0.465 e. The third-order valence-corrected chi connectivity index (χ3v) is 4.59. The number of hydrogen-bond donors (Lipinski definition) is 0. The molecule has 0 spiro atoms. The van der Waals surface area contributed by atoms with Gasteiger partial charge >= 0.3 is 5.97 Å². The maximum absolute atomic E-state index is 11.1. The van der Waals surface area contributed by atoms with Gasteiger partial charge in [0, 0.05) is 9.77 Å². The molecule has 0 saturated heterocycles. The lowest BCUT2D eigenvalue weighted by molar-refractivity contribution is -0.139. The van der Waals surface area contributed by atoms with E-state index in [0.29, 0.717) is 12.4 Å². The van der Waals surface area contributed by atoms with Crippen molar-refractivity contribution in [1.82, 2.24) is 0 Å². The Morgan fingerprint density at radius 2 is 2.43 bits per heavy atom. The van der Waals surface area contributed by atoms with Crippen LogP contribution in [-0.4, -0.2) is 18.3 Å². The van der Waals surface area contributed by atoms with E-state index in [-0.39, 0.29) is 5.97 Å². The van der Waals surface area contributed by atoms with Crippen LogP contribution in [0.5, 0.6) is 0 Å². The second-order valence-corrected chi connectivity index (χ2v) is 6.18. The molecule has 0 aliphatic carbocycles. The van der Waals surface area contributed by atoms with E-state index >= 15 is 0 Å². The van der Waals surface area contributed by atoms with Crippen LogP contribution < -0.4 is 0 Å². The molecule has 0 aromatic carbocycles. The fourth-order valence-corrected chi connectivity index (χ4v) is 3.85. The van der Waals surface area contributed by atoms with E-state index in [2.05, 4.69) is 22.0 Å². The third kappa shape index (κ3) is 3.63. The van der Waals surface area contributed by atoms with Gasteiger partial charge in [0.25, 0.3) is 0 Å². The number of thiophene rings is 1. The van der Waals surface area contributed by atoms with E-state index < -0.39 is 0 Å². The Balaban J connectivity index is 2.45. The van der Waals surface area contributed by atoms with Gasteiger partial charge in [-0.05, 0) is 35.8 Å². The van der Waals surface area contributed by atoms with Gasteiger partial charge in [-0.3, -0.25) is 4.79 Å². The molecule has 0 fully saturated rings. The topological polar surface area (TPSA) is 26.3 Å². The summed E-state index contributed by atoms with van der Waals surface area (Å²) in [6, 6.07) is 2.07. The highest BCUT2D eigenvalue weighted by atomic mass is 79.9. The zero-order chi connectivity index (χ0) is 10.6. The van der Waals surface area contributed by atoms with Gasteiger partial charge in [0.1, 0.15) is 0 Å². The van der Waals surface area contributed by atoms with Crippen LogP contribution in [0.1, 0.15) is 11.8 Å². The van der Waals surface area contributed by atoms with E-state index in [1.165, 1.54) is 16.6 Å². The van der Waals surface area contributed by atoms with Crippen LogP contribution in [0.3, 0.4) is 0 Å². The fourth-order valence-electron chi connectivity index (χ4n) is 0.900. The van der Waals surface area contributed by atoms with Crippen molar-refractivity contribution in [3.05, 3.63) is 14.7 Å². The van der Waals surface area contributed by atoms with Gasteiger partial charge in [-0.25, -0.2) is 0 Å². The molecule has 0 saturated carbocycles. The van der Waals surface area contributed by atoms with Gasteiger partial charge in [0.05, 0.1) is 16.1 Å². The molecule has 0 radical (unpaired) electrons. The van der Waals surface area contributed by atoms with E-state index in [1.807, 2.05) is 13.8 Å². The monoisotopic (exact) mass is 294 g/mol. The smallest absolute Gasteiger partial charge is 0.316 e. The maximum atomic E-state index is 11.1. The predicted octanol–water partition coefficient (Wildman–Crippen LogP) is 3.47. The van der Waals surface area contributed by atoms with Crippen LogP contribution in [0.25, 0.3) is 0 Å². The highest BCUT2D eigenvalue weighted by Gasteiger charge is 2.08. The number of rotatable bonds is 4. The second-order valence-electron chi connectivity index (χ2n) is 2.59. The van der Waals surface area contributed by atoms with Gasteiger partial charge < -0.3 is 4.74 Å². The minimum Gasteiger partial charge on any atom is -0.465 e. The van der Waals surface area contributed by atoms with Crippen LogP contribution in [0.4, 0.5) is 0 Å². The van der Waals surface area contributed by atoms with E-state index in [1.54, 1.807) is 11.3 Å². The first kappa shape index (κ1) is 12.1. The van der Waals surface area contributed by atoms with Gasteiger partial charge in [-0.1, -0.05) is 0 Å². The average molecular weight is 295 g/mol. The van der Waals surface area contributed by atoms with Gasteiger partial charge in [-0.15, -0.1) is 23.1 Å². The first-order chi connectivity index (χ1) is 6.63. The number of carbonyl (C=O) groups is 1. The Kier molecular flexibility index (Phi) is 4.98. The Labute approximate surface area is 100 Å². The lowest BCUT2D eigenvalue weighted by Crippen LogP contribution is -2.06. The summed E-state index contributed by atoms with van der Waals surface area (Å²) in [6.07, 6.45) is 0. The van der Waals surface area contributed by atoms with Gasteiger partial charge in [-0.2, -0.15) is 0 Å². The highest BCUT2D eigenvalue weighted by Crippen LogP contribution is 2.34. The molecule has 1 heterocycles. The van der Waals surface area contributed by atoms with Crippen molar-refractivity contribution < 1.29 is 9.53 Å². The normalized spacial score (nSPS) is 10.2. The first-order valence-corrected chi connectivity index (χ1v) is 6.77. The zero-order valence-electron chi connectivity index (χ0n) is 8.00.